The Morgan fingerprint density at radius 1 is 0.881 bits per heavy atom. The van der Waals surface area contributed by atoms with Crippen LogP contribution in [0.5, 0.6) is 11.5 Å². The highest BCUT2D eigenvalue weighted by Gasteiger charge is 2.78. The number of carbonyl (C=O) groups excluding carboxylic acids is 2. The van der Waals surface area contributed by atoms with Crippen molar-refractivity contribution in [2.75, 3.05) is 14.2 Å². The van der Waals surface area contributed by atoms with Crippen LogP contribution in [-0.4, -0.2) is 47.3 Å². The van der Waals surface area contributed by atoms with Crippen LogP contribution in [0.1, 0.15) is 39.7 Å². The highest BCUT2D eigenvalue weighted by Crippen LogP contribution is 2.67. The van der Waals surface area contributed by atoms with Crippen LogP contribution in [0.2, 0.25) is 0 Å². The molecule has 3 aliphatic rings. The van der Waals surface area contributed by atoms with E-state index >= 15 is 0 Å². The second-order valence-corrected chi connectivity index (χ2v) is 11.1. The molecule has 4 aromatic rings. The maximum atomic E-state index is 14.2. The van der Waals surface area contributed by atoms with Gasteiger partial charge in [0, 0.05) is 23.8 Å². The fourth-order valence-electron chi connectivity index (χ4n) is 7.29. The Balaban J connectivity index is 1.68. The normalized spacial score (nSPS) is 27.0. The van der Waals surface area contributed by atoms with Gasteiger partial charge in [-0.05, 0) is 49.2 Å². The van der Waals surface area contributed by atoms with Crippen molar-refractivity contribution < 1.29 is 48.0 Å². The summed E-state index contributed by atoms with van der Waals surface area (Å²) < 4.78 is 28.3. The Kier molecular flexibility index (Phi) is 5.12. The van der Waals surface area contributed by atoms with Gasteiger partial charge in [0.25, 0.3) is 5.79 Å². The molecule has 3 heterocycles. The number of fused-ring (bicyclic) bond motifs is 7. The van der Waals surface area contributed by atoms with E-state index in [1.807, 2.05) is 0 Å². The molecule has 1 fully saturated rings. The van der Waals surface area contributed by atoms with Crippen molar-refractivity contribution in [2.45, 2.75) is 37.6 Å². The first-order valence-electron chi connectivity index (χ1n) is 13.1. The van der Waals surface area contributed by atoms with Crippen LogP contribution in [0, 0.1) is 25.7 Å². The molecule has 12 heteroatoms. The van der Waals surface area contributed by atoms with E-state index in [1.54, 1.807) is 19.9 Å². The van der Waals surface area contributed by atoms with Crippen LogP contribution in [0.3, 0.4) is 0 Å². The molecular weight excluding hydrogens is 552 g/mol. The molecule has 0 saturated carbocycles. The molecule has 12 nitrogen and oxygen atoms in total. The number of hydrogen-bond acceptors (Lipinski definition) is 12. The largest absolute Gasteiger partial charge is 0.507 e. The maximum absolute atomic E-state index is 14.2. The molecule has 0 bridgehead atoms. The van der Waals surface area contributed by atoms with Crippen LogP contribution in [0.15, 0.2) is 42.7 Å². The zero-order valence-electron chi connectivity index (χ0n) is 22.8. The minimum Gasteiger partial charge on any atom is -0.507 e. The van der Waals surface area contributed by atoms with Gasteiger partial charge in [-0.3, -0.25) is 9.59 Å². The summed E-state index contributed by atoms with van der Waals surface area (Å²) in [6.45, 7) is 3.37. The van der Waals surface area contributed by atoms with E-state index in [0.29, 0.717) is 11.1 Å². The lowest BCUT2D eigenvalue weighted by Gasteiger charge is -2.35. The van der Waals surface area contributed by atoms with E-state index in [1.165, 1.54) is 18.2 Å². The molecule has 3 N–H and O–H groups in total. The summed E-state index contributed by atoms with van der Waals surface area (Å²) in [5, 5.41) is 32.8. The highest BCUT2D eigenvalue weighted by molar-refractivity contribution is 5.92. The number of aliphatic hydroxyl groups is 1. The van der Waals surface area contributed by atoms with Crippen molar-refractivity contribution in [3.63, 3.8) is 0 Å². The number of hydrogen-bond donors (Lipinski definition) is 3. The zero-order chi connectivity index (χ0) is 30.0. The van der Waals surface area contributed by atoms with Crippen LogP contribution < -0.4 is 10.9 Å². The number of carbonyl (C=O) groups is 2. The van der Waals surface area contributed by atoms with E-state index < -0.39 is 63.3 Å². The van der Waals surface area contributed by atoms with Crippen LogP contribution in [-0.2, 0) is 35.8 Å². The van der Waals surface area contributed by atoms with Crippen molar-refractivity contribution >= 4 is 33.9 Å². The molecule has 5 unspecified atom stereocenters. The number of esters is 2. The number of methoxy groups -OCH3 is 2. The second kappa shape index (κ2) is 8.20. The highest BCUT2D eigenvalue weighted by atomic mass is 16.7. The minimum atomic E-state index is -2.78. The Morgan fingerprint density at radius 2 is 1.45 bits per heavy atom. The lowest BCUT2D eigenvalue weighted by molar-refractivity contribution is -0.251. The zero-order valence-corrected chi connectivity index (χ0v) is 22.8. The molecule has 2 aliphatic carbocycles. The summed E-state index contributed by atoms with van der Waals surface area (Å²) in [5.41, 5.74) is -3.22. The second-order valence-electron chi connectivity index (χ2n) is 11.1. The molecule has 0 spiro atoms. The minimum absolute atomic E-state index is 0.0215. The summed E-state index contributed by atoms with van der Waals surface area (Å²) in [6, 6.07) is 5.80. The van der Waals surface area contributed by atoms with Gasteiger partial charge < -0.3 is 38.4 Å². The van der Waals surface area contributed by atoms with Gasteiger partial charge >= 0.3 is 11.9 Å². The first-order valence-corrected chi connectivity index (χ1v) is 13.1. The van der Waals surface area contributed by atoms with Gasteiger partial charge in [-0.2, -0.15) is 0 Å². The third-order valence-electron chi connectivity index (χ3n) is 8.79. The molecule has 216 valence electrons. The number of aromatic hydroxyl groups is 2. The molecule has 2 aromatic carbocycles. The lowest BCUT2D eigenvalue weighted by atomic mass is 9.66. The summed E-state index contributed by atoms with van der Waals surface area (Å²) in [7, 11) is 2.06. The van der Waals surface area contributed by atoms with Crippen LogP contribution in [0.25, 0.3) is 21.9 Å². The molecular formula is C30H24O12. The van der Waals surface area contributed by atoms with E-state index in [2.05, 4.69) is 0 Å². The Hall–Kier alpha value is -4.68. The monoisotopic (exact) mass is 576 g/mol. The van der Waals surface area contributed by atoms with Crippen molar-refractivity contribution in [3.8, 4) is 11.5 Å². The molecule has 1 saturated heterocycles. The molecule has 5 atom stereocenters. The topological polar surface area (TPSA) is 183 Å². The summed E-state index contributed by atoms with van der Waals surface area (Å²) in [4.78, 5) is 55.2. The van der Waals surface area contributed by atoms with Gasteiger partial charge in [0.2, 0.25) is 16.5 Å². The predicted octanol–water partition coefficient (Wildman–Crippen LogP) is 2.12. The third kappa shape index (κ3) is 2.92. The van der Waals surface area contributed by atoms with Gasteiger partial charge in [-0.15, -0.1) is 0 Å². The molecule has 7 rings (SSSR count). The fraction of sp³-hybridized carbons (Fsp3) is 0.333. The molecule has 2 aromatic heterocycles. The standard InChI is InChI=1S/C30H24O12/c1-10-5-13(31)18-15(7-10)40-17-9-12-22-21(20(17)24(18)33)26-23(25(34)19-14(32)6-11(2)8-16(19)41-26)29(22,27(35)38-3)42-30(12,37)28(36)39-4/h5-8,12,21-22,31-32,37H,9H2,1-4H3. The number of phenols is 2. The average Bonchev–Trinajstić information content (AvgIpc) is 3.36. The number of benzene rings is 2. The summed E-state index contributed by atoms with van der Waals surface area (Å²) in [6.07, 6.45) is -0.285. The van der Waals surface area contributed by atoms with E-state index in [-0.39, 0.29) is 51.2 Å². The van der Waals surface area contributed by atoms with Gasteiger partial charge in [0.1, 0.15) is 45.0 Å². The van der Waals surface area contributed by atoms with E-state index in [9.17, 15) is 34.5 Å². The van der Waals surface area contributed by atoms with Gasteiger partial charge in [-0.1, -0.05) is 0 Å². The summed E-state index contributed by atoms with van der Waals surface area (Å²) in [5.74, 6) is -9.88. The Morgan fingerprint density at radius 3 is 2.05 bits per heavy atom. The quantitative estimate of drug-likeness (QED) is 0.296. The van der Waals surface area contributed by atoms with E-state index in [4.69, 9.17) is 23.0 Å². The van der Waals surface area contributed by atoms with Crippen LogP contribution in [0.4, 0.5) is 0 Å². The average molecular weight is 577 g/mol. The van der Waals surface area contributed by atoms with Crippen molar-refractivity contribution in [1.29, 1.82) is 0 Å². The van der Waals surface area contributed by atoms with Crippen molar-refractivity contribution in [2.24, 2.45) is 11.8 Å². The smallest absolute Gasteiger partial charge is 0.366 e. The fourth-order valence-corrected chi connectivity index (χ4v) is 7.29. The first kappa shape index (κ1) is 26.2. The number of phenolic OH excluding ortho intramolecular Hbond substituents is 2. The number of ether oxygens (including phenoxy) is 3. The van der Waals surface area contributed by atoms with Gasteiger partial charge in [0.15, 0.2) is 0 Å². The molecule has 42 heavy (non-hydrogen) atoms. The number of aryl methyl sites for hydroxylation is 2. The first-order chi connectivity index (χ1) is 19.9. The molecule has 0 amide bonds. The molecule has 1 aliphatic heterocycles. The summed E-state index contributed by atoms with van der Waals surface area (Å²) >= 11 is 0. The van der Waals surface area contributed by atoms with E-state index in [0.717, 1.165) is 14.2 Å². The van der Waals surface area contributed by atoms with Gasteiger partial charge in [0.05, 0.1) is 25.7 Å². The number of rotatable bonds is 2. The maximum Gasteiger partial charge on any atom is 0.366 e. The van der Waals surface area contributed by atoms with Crippen molar-refractivity contribution in [3.05, 3.63) is 78.5 Å². The third-order valence-corrected chi connectivity index (χ3v) is 8.79. The van der Waals surface area contributed by atoms with Crippen LogP contribution >= 0.6 is 0 Å². The SMILES string of the molecule is COC(=O)C1(O)OC2(C(=O)OC)c3c(oc4cc(C)cc(O)c4c3=O)C3c4c(oc5cc(C)cc(O)c5c4=O)CC1C32. The lowest BCUT2D eigenvalue weighted by Crippen LogP contribution is -2.49. The Labute approximate surface area is 235 Å². The van der Waals surface area contributed by atoms with Gasteiger partial charge in [-0.25, -0.2) is 9.59 Å². The predicted molar refractivity (Wildman–Crippen MR) is 142 cm³/mol. The Bertz CT molecular complexity index is 2040. The molecule has 0 radical (unpaired) electrons. The van der Waals surface area contributed by atoms with Crippen molar-refractivity contribution in [1.82, 2.24) is 0 Å².